The zero-order valence-electron chi connectivity index (χ0n) is 10.2. The molecule has 0 saturated carbocycles. The van der Waals surface area contributed by atoms with Crippen LogP contribution in [0.1, 0.15) is 24.1 Å². The van der Waals surface area contributed by atoms with Gasteiger partial charge in [-0.3, -0.25) is 0 Å². The minimum atomic E-state index is -4.68. The van der Waals surface area contributed by atoms with Crippen LogP contribution in [0.25, 0.3) is 0 Å². The molecule has 1 rings (SSSR count). The van der Waals surface area contributed by atoms with Crippen LogP contribution < -0.4 is 10.5 Å². The van der Waals surface area contributed by atoms with Crippen molar-refractivity contribution in [3.8, 4) is 5.75 Å². The fraction of sp³-hybridized carbons (Fsp3) is 0.500. The highest BCUT2D eigenvalue weighted by atomic mass is 19.4. The van der Waals surface area contributed by atoms with Gasteiger partial charge in [-0.25, -0.2) is 0 Å². The first kappa shape index (κ1) is 14.8. The van der Waals surface area contributed by atoms with Crippen molar-refractivity contribution in [2.75, 3.05) is 6.61 Å². The van der Waals surface area contributed by atoms with Crippen LogP contribution in [-0.2, 0) is 0 Å². The Bertz CT molecular complexity index is 405. The number of hydrogen-bond acceptors (Lipinski definition) is 3. The van der Waals surface area contributed by atoms with Crippen LogP contribution >= 0.6 is 0 Å². The Morgan fingerprint density at radius 2 is 2.00 bits per heavy atom. The number of nitrogens with two attached hydrogens (primary N) is 1. The number of ether oxygens (including phenoxy) is 1. The number of aryl methyl sites for hydroxylation is 1. The van der Waals surface area contributed by atoms with Gasteiger partial charge < -0.3 is 15.6 Å². The Hall–Kier alpha value is -1.27. The lowest BCUT2D eigenvalue weighted by atomic mass is 10.1. The van der Waals surface area contributed by atoms with E-state index in [0.29, 0.717) is 5.56 Å². The second-order valence-corrected chi connectivity index (χ2v) is 4.20. The quantitative estimate of drug-likeness (QED) is 0.876. The fourth-order valence-electron chi connectivity index (χ4n) is 1.42. The Balaban J connectivity index is 2.79. The molecule has 18 heavy (non-hydrogen) atoms. The van der Waals surface area contributed by atoms with Crippen molar-refractivity contribution in [1.82, 2.24) is 0 Å². The van der Waals surface area contributed by atoms with E-state index in [-0.39, 0.29) is 11.8 Å². The van der Waals surface area contributed by atoms with Crippen molar-refractivity contribution < 1.29 is 23.0 Å². The van der Waals surface area contributed by atoms with E-state index in [4.69, 9.17) is 15.6 Å². The molecule has 0 radical (unpaired) electrons. The van der Waals surface area contributed by atoms with Gasteiger partial charge >= 0.3 is 6.18 Å². The molecule has 1 aromatic rings. The lowest BCUT2D eigenvalue weighted by molar-refractivity contribution is -0.210. The van der Waals surface area contributed by atoms with E-state index in [1.54, 1.807) is 25.1 Å². The molecule has 3 nitrogen and oxygen atoms in total. The predicted octanol–water partition coefficient (Wildman–Crippen LogP) is 2.32. The van der Waals surface area contributed by atoms with Crippen molar-refractivity contribution in [1.29, 1.82) is 0 Å². The molecule has 0 saturated heterocycles. The van der Waals surface area contributed by atoms with Crippen molar-refractivity contribution >= 4 is 0 Å². The van der Waals surface area contributed by atoms with E-state index in [0.717, 1.165) is 5.56 Å². The molecule has 6 heteroatoms. The summed E-state index contributed by atoms with van der Waals surface area (Å²) in [6.07, 6.45) is -7.18. The lowest BCUT2D eigenvalue weighted by Crippen LogP contribution is -2.34. The van der Waals surface area contributed by atoms with E-state index in [2.05, 4.69) is 0 Å². The number of halogens is 3. The third kappa shape index (κ3) is 3.89. The average molecular weight is 263 g/mol. The highest BCUT2D eigenvalue weighted by molar-refractivity contribution is 5.38. The van der Waals surface area contributed by atoms with Crippen molar-refractivity contribution in [2.24, 2.45) is 5.73 Å². The van der Waals surface area contributed by atoms with Gasteiger partial charge in [-0.15, -0.1) is 0 Å². The molecule has 0 aliphatic heterocycles. The van der Waals surface area contributed by atoms with Gasteiger partial charge in [0.25, 0.3) is 0 Å². The molecule has 0 aliphatic rings. The van der Waals surface area contributed by atoms with Gasteiger partial charge in [0.1, 0.15) is 12.4 Å². The monoisotopic (exact) mass is 263 g/mol. The number of hydrogen-bond donors (Lipinski definition) is 2. The number of rotatable bonds is 4. The number of aliphatic hydroxyl groups is 1. The maximum absolute atomic E-state index is 12.1. The van der Waals surface area contributed by atoms with Gasteiger partial charge in [0.2, 0.25) is 0 Å². The predicted molar refractivity (Wildman–Crippen MR) is 61.3 cm³/mol. The summed E-state index contributed by atoms with van der Waals surface area (Å²) in [5.74, 6) is 0.263. The van der Waals surface area contributed by atoms with Crippen LogP contribution in [-0.4, -0.2) is 24.0 Å². The van der Waals surface area contributed by atoms with Gasteiger partial charge in [0, 0.05) is 11.6 Å². The third-order valence-electron chi connectivity index (χ3n) is 2.43. The maximum atomic E-state index is 12.1. The molecule has 2 unspecified atom stereocenters. The van der Waals surface area contributed by atoms with Crippen LogP contribution in [0.4, 0.5) is 13.2 Å². The van der Waals surface area contributed by atoms with Crippen molar-refractivity contribution in [3.05, 3.63) is 29.3 Å². The van der Waals surface area contributed by atoms with Gasteiger partial charge in [-0.2, -0.15) is 13.2 Å². The summed E-state index contributed by atoms with van der Waals surface area (Å²) >= 11 is 0. The fourth-order valence-corrected chi connectivity index (χ4v) is 1.42. The minimum Gasteiger partial charge on any atom is -0.490 e. The summed E-state index contributed by atoms with van der Waals surface area (Å²) in [6.45, 7) is 2.72. The molecule has 0 heterocycles. The van der Waals surface area contributed by atoms with E-state index in [1.165, 1.54) is 0 Å². The summed E-state index contributed by atoms with van der Waals surface area (Å²) in [7, 11) is 0. The molecule has 102 valence electrons. The van der Waals surface area contributed by atoms with E-state index >= 15 is 0 Å². The summed E-state index contributed by atoms with van der Waals surface area (Å²) < 4.78 is 41.4. The maximum Gasteiger partial charge on any atom is 0.417 e. The summed E-state index contributed by atoms with van der Waals surface area (Å²) in [4.78, 5) is 0. The molecular formula is C12H16F3NO2. The SMILES string of the molecule is Cc1ccc(OCC(O)C(F)(F)F)c(C(C)N)c1. The second-order valence-electron chi connectivity index (χ2n) is 4.20. The minimum absolute atomic E-state index is 0.263. The van der Waals surface area contributed by atoms with E-state index in [1.807, 2.05) is 6.92 Å². The summed E-state index contributed by atoms with van der Waals surface area (Å²) in [6, 6.07) is 4.65. The Morgan fingerprint density at radius 3 is 2.50 bits per heavy atom. The van der Waals surface area contributed by atoms with Gasteiger partial charge in [-0.1, -0.05) is 17.7 Å². The Morgan fingerprint density at radius 1 is 1.39 bits per heavy atom. The first-order valence-electron chi connectivity index (χ1n) is 5.45. The largest absolute Gasteiger partial charge is 0.490 e. The van der Waals surface area contributed by atoms with Gasteiger partial charge in [-0.05, 0) is 19.9 Å². The molecular weight excluding hydrogens is 247 g/mol. The average Bonchev–Trinajstić information content (AvgIpc) is 2.25. The Labute approximate surface area is 103 Å². The first-order valence-corrected chi connectivity index (χ1v) is 5.45. The van der Waals surface area contributed by atoms with Gasteiger partial charge in [0.05, 0.1) is 0 Å². The molecule has 0 amide bonds. The topological polar surface area (TPSA) is 55.5 Å². The second kappa shape index (κ2) is 5.58. The molecule has 3 N–H and O–H groups in total. The molecule has 0 aromatic heterocycles. The zero-order chi connectivity index (χ0) is 13.9. The van der Waals surface area contributed by atoms with E-state index < -0.39 is 18.9 Å². The van der Waals surface area contributed by atoms with Crippen LogP contribution in [0, 0.1) is 6.92 Å². The molecule has 0 fully saturated rings. The van der Waals surface area contributed by atoms with Gasteiger partial charge in [0.15, 0.2) is 6.10 Å². The highest BCUT2D eigenvalue weighted by Gasteiger charge is 2.38. The molecule has 1 aromatic carbocycles. The number of alkyl halides is 3. The lowest BCUT2D eigenvalue weighted by Gasteiger charge is -2.18. The standard InChI is InChI=1S/C12H16F3NO2/c1-7-3-4-10(9(5-7)8(2)16)18-6-11(17)12(13,14)15/h3-5,8,11,17H,6,16H2,1-2H3. The van der Waals surface area contributed by atoms with Crippen molar-refractivity contribution in [3.63, 3.8) is 0 Å². The highest BCUT2D eigenvalue weighted by Crippen LogP contribution is 2.26. The number of benzene rings is 1. The van der Waals surface area contributed by atoms with E-state index in [9.17, 15) is 13.2 Å². The number of aliphatic hydroxyl groups excluding tert-OH is 1. The van der Waals surface area contributed by atoms with Crippen molar-refractivity contribution in [2.45, 2.75) is 32.2 Å². The molecule has 0 bridgehead atoms. The summed E-state index contributed by atoms with van der Waals surface area (Å²) in [5.41, 5.74) is 7.26. The normalized spacial score (nSPS) is 15.3. The zero-order valence-corrected chi connectivity index (χ0v) is 10.2. The van der Waals surface area contributed by atoms with Crippen LogP contribution in [0.2, 0.25) is 0 Å². The molecule has 0 aliphatic carbocycles. The third-order valence-corrected chi connectivity index (χ3v) is 2.43. The van der Waals surface area contributed by atoms with Crippen LogP contribution in [0.15, 0.2) is 18.2 Å². The first-order chi connectivity index (χ1) is 8.21. The van der Waals surface area contributed by atoms with Crippen LogP contribution in [0.3, 0.4) is 0 Å². The Kier molecular flexibility index (Phi) is 4.59. The summed E-state index contributed by atoms with van der Waals surface area (Å²) in [5, 5.41) is 8.85. The smallest absolute Gasteiger partial charge is 0.417 e. The van der Waals surface area contributed by atoms with Crippen LogP contribution in [0.5, 0.6) is 5.75 Å². The molecule has 2 atom stereocenters. The molecule has 0 spiro atoms.